The maximum absolute atomic E-state index is 12.7. The average molecular weight is 374 g/mol. The molecule has 1 aromatic heterocycles. The number of amides is 1. The van der Waals surface area contributed by atoms with E-state index in [0.29, 0.717) is 17.8 Å². The quantitative estimate of drug-likeness (QED) is 0.710. The molecule has 0 saturated carbocycles. The number of carboxylic acid groups (broad SMARTS) is 1. The van der Waals surface area contributed by atoms with Gasteiger partial charge in [-0.25, -0.2) is 0 Å². The van der Waals surface area contributed by atoms with Crippen LogP contribution in [0.5, 0.6) is 5.75 Å². The van der Waals surface area contributed by atoms with Gasteiger partial charge >= 0.3 is 0 Å². The van der Waals surface area contributed by atoms with E-state index in [0.717, 1.165) is 29.5 Å². The highest BCUT2D eigenvalue weighted by Crippen LogP contribution is 2.32. The van der Waals surface area contributed by atoms with Crippen molar-refractivity contribution in [2.24, 2.45) is 0 Å². The predicted octanol–water partition coefficient (Wildman–Crippen LogP) is 2.02. The largest absolute Gasteiger partial charge is 0.497 e. The van der Waals surface area contributed by atoms with Crippen molar-refractivity contribution in [3.8, 4) is 5.75 Å². The lowest BCUT2D eigenvalue weighted by Crippen LogP contribution is -2.55. The Morgan fingerprint density at radius 1 is 1.37 bits per heavy atom. The Labute approximate surface area is 157 Å². The Bertz CT molecular complexity index is 792. The lowest BCUT2D eigenvalue weighted by atomic mass is 9.82. The first-order valence-electron chi connectivity index (χ1n) is 9.20. The third kappa shape index (κ3) is 4.05. The van der Waals surface area contributed by atoms with Crippen LogP contribution in [-0.2, 0) is 4.79 Å². The minimum atomic E-state index is -0.250. The molecule has 2 aromatic rings. The van der Waals surface area contributed by atoms with Crippen LogP contribution >= 0.6 is 0 Å². The fourth-order valence-electron chi connectivity index (χ4n) is 4.29. The third-order valence-corrected chi connectivity index (χ3v) is 5.66. The van der Waals surface area contributed by atoms with Crippen LogP contribution in [0.15, 0.2) is 18.2 Å². The van der Waals surface area contributed by atoms with Gasteiger partial charge in [0.05, 0.1) is 12.6 Å². The highest BCUT2D eigenvalue weighted by molar-refractivity contribution is 6.05. The summed E-state index contributed by atoms with van der Waals surface area (Å²) in [7, 11) is 3.85. The normalized spacial score (nSPS) is 24.6. The number of ether oxygens (including phenoxy) is 1. The zero-order valence-electron chi connectivity index (χ0n) is 15.6. The minimum Gasteiger partial charge on any atom is -0.497 e. The number of aromatic amines is 1. The third-order valence-electron chi connectivity index (χ3n) is 5.66. The van der Waals surface area contributed by atoms with E-state index >= 15 is 0 Å². The number of aromatic nitrogens is 2. The van der Waals surface area contributed by atoms with Crippen LogP contribution in [0.25, 0.3) is 10.9 Å². The number of methoxy groups -OCH3 is 1. The van der Waals surface area contributed by atoms with Crippen LogP contribution in [0.2, 0.25) is 0 Å². The molecule has 27 heavy (non-hydrogen) atoms. The average Bonchev–Trinajstić information content (AvgIpc) is 3.06. The molecule has 1 amide bonds. The van der Waals surface area contributed by atoms with E-state index in [9.17, 15) is 4.79 Å². The van der Waals surface area contributed by atoms with Gasteiger partial charge in [-0.2, -0.15) is 5.10 Å². The van der Waals surface area contributed by atoms with Crippen molar-refractivity contribution < 1.29 is 19.4 Å². The summed E-state index contributed by atoms with van der Waals surface area (Å²) in [4.78, 5) is 23.6. The van der Waals surface area contributed by atoms with Crippen molar-refractivity contribution in [1.29, 1.82) is 0 Å². The lowest BCUT2D eigenvalue weighted by Gasteiger charge is -2.47. The zero-order chi connectivity index (χ0) is 19.4. The molecule has 0 spiro atoms. The standard InChI is InChI=1S/C18H24N4O2.CH2O2/c1-22-12-4-3-5-13(22)9-11(8-12)19-18(23)17-15-7-6-14(24-2)10-16(15)20-21-17;2-1-3/h6-7,10-13H,3-5,8-9H2,1-2H3,(H,19,23)(H,20,21);1H,(H,2,3). The van der Waals surface area contributed by atoms with Crippen LogP contribution < -0.4 is 10.1 Å². The number of piperidine rings is 2. The highest BCUT2D eigenvalue weighted by atomic mass is 16.5. The molecule has 3 N–H and O–H groups in total. The summed E-state index contributed by atoms with van der Waals surface area (Å²) in [6.45, 7) is -0.250. The maximum atomic E-state index is 12.7. The van der Waals surface area contributed by atoms with Crippen molar-refractivity contribution >= 4 is 23.3 Å². The molecule has 2 saturated heterocycles. The van der Waals surface area contributed by atoms with Crippen molar-refractivity contribution in [2.45, 2.75) is 50.2 Å². The zero-order valence-corrected chi connectivity index (χ0v) is 15.6. The van der Waals surface area contributed by atoms with Gasteiger partial charge in [0.15, 0.2) is 5.69 Å². The second-order valence-electron chi connectivity index (χ2n) is 7.13. The van der Waals surface area contributed by atoms with Gasteiger partial charge < -0.3 is 20.1 Å². The van der Waals surface area contributed by atoms with E-state index in [-0.39, 0.29) is 18.4 Å². The number of rotatable bonds is 3. The molecule has 2 fully saturated rings. The second-order valence-corrected chi connectivity index (χ2v) is 7.13. The van der Waals surface area contributed by atoms with Gasteiger partial charge in [-0.3, -0.25) is 14.7 Å². The first-order valence-corrected chi connectivity index (χ1v) is 9.20. The van der Waals surface area contributed by atoms with Gasteiger partial charge in [-0.1, -0.05) is 6.42 Å². The molecule has 8 heteroatoms. The summed E-state index contributed by atoms with van der Waals surface area (Å²) < 4.78 is 5.21. The molecule has 4 rings (SSSR count). The number of H-pyrrole nitrogens is 1. The van der Waals surface area contributed by atoms with Gasteiger partial charge in [0.1, 0.15) is 5.75 Å². The number of nitrogens with one attached hydrogen (secondary N) is 2. The Kier molecular flexibility index (Phi) is 5.95. The van der Waals surface area contributed by atoms with E-state index in [1.165, 1.54) is 19.3 Å². The number of hydrogen-bond acceptors (Lipinski definition) is 5. The van der Waals surface area contributed by atoms with Crippen molar-refractivity contribution in [3.05, 3.63) is 23.9 Å². The molecule has 2 aliphatic heterocycles. The Balaban J connectivity index is 0.000000659. The van der Waals surface area contributed by atoms with Crippen molar-refractivity contribution in [2.75, 3.05) is 14.2 Å². The summed E-state index contributed by atoms with van der Waals surface area (Å²) in [5.41, 5.74) is 1.29. The van der Waals surface area contributed by atoms with Gasteiger partial charge in [0.25, 0.3) is 12.4 Å². The topological polar surface area (TPSA) is 108 Å². The molecule has 2 aliphatic rings. The molecular weight excluding hydrogens is 348 g/mol. The first kappa shape index (κ1) is 19.2. The molecule has 8 nitrogen and oxygen atoms in total. The number of fused-ring (bicyclic) bond motifs is 3. The van der Waals surface area contributed by atoms with E-state index < -0.39 is 0 Å². The van der Waals surface area contributed by atoms with Crippen LogP contribution in [0.4, 0.5) is 0 Å². The first-order chi connectivity index (χ1) is 13.1. The van der Waals surface area contributed by atoms with Crippen LogP contribution in [0, 0.1) is 0 Å². The van der Waals surface area contributed by atoms with Gasteiger partial charge in [0, 0.05) is 29.6 Å². The fraction of sp³-hybridized carbons (Fsp3) is 0.526. The fourth-order valence-corrected chi connectivity index (χ4v) is 4.29. The summed E-state index contributed by atoms with van der Waals surface area (Å²) in [5.74, 6) is 0.667. The minimum absolute atomic E-state index is 0.0842. The number of hydrogen-bond donors (Lipinski definition) is 3. The van der Waals surface area contributed by atoms with Gasteiger partial charge in [0.2, 0.25) is 0 Å². The van der Waals surface area contributed by atoms with Crippen LogP contribution in [-0.4, -0.2) is 64.9 Å². The molecular formula is C19H26N4O4. The molecule has 3 heterocycles. The Hall–Kier alpha value is -2.61. The van der Waals surface area contributed by atoms with E-state index in [1.54, 1.807) is 7.11 Å². The Morgan fingerprint density at radius 3 is 2.67 bits per heavy atom. The van der Waals surface area contributed by atoms with Gasteiger partial charge in [-0.05, 0) is 44.9 Å². The summed E-state index contributed by atoms with van der Waals surface area (Å²) >= 11 is 0. The monoisotopic (exact) mass is 374 g/mol. The summed E-state index contributed by atoms with van der Waals surface area (Å²) in [6, 6.07) is 7.05. The molecule has 146 valence electrons. The van der Waals surface area contributed by atoms with Gasteiger partial charge in [-0.15, -0.1) is 0 Å². The second kappa shape index (κ2) is 8.39. The molecule has 0 aliphatic carbocycles. The van der Waals surface area contributed by atoms with Crippen LogP contribution in [0.3, 0.4) is 0 Å². The smallest absolute Gasteiger partial charge is 0.290 e. The van der Waals surface area contributed by atoms with E-state index in [2.05, 4.69) is 27.5 Å². The summed E-state index contributed by atoms with van der Waals surface area (Å²) in [5, 5.41) is 18.1. The maximum Gasteiger partial charge on any atom is 0.290 e. The predicted molar refractivity (Wildman–Crippen MR) is 101 cm³/mol. The molecule has 2 atom stereocenters. The lowest BCUT2D eigenvalue weighted by molar-refractivity contribution is -0.122. The number of carbonyl (C=O) groups is 2. The number of carbonyl (C=O) groups excluding carboxylic acids is 1. The Morgan fingerprint density at radius 2 is 2.04 bits per heavy atom. The molecule has 2 bridgehead atoms. The number of nitrogens with zero attached hydrogens (tertiary/aromatic N) is 2. The highest BCUT2D eigenvalue weighted by Gasteiger charge is 2.36. The SMILES string of the molecule is COc1ccc2c(C(=O)NC3CC4CCCC(C3)N4C)n[nH]c2c1.O=CO. The molecule has 2 unspecified atom stereocenters. The summed E-state index contributed by atoms with van der Waals surface area (Å²) in [6.07, 6.45) is 5.87. The van der Waals surface area contributed by atoms with E-state index in [1.807, 2.05) is 18.2 Å². The van der Waals surface area contributed by atoms with Crippen molar-refractivity contribution in [1.82, 2.24) is 20.4 Å². The van der Waals surface area contributed by atoms with Crippen LogP contribution in [0.1, 0.15) is 42.6 Å². The van der Waals surface area contributed by atoms with Crippen molar-refractivity contribution in [3.63, 3.8) is 0 Å². The molecule has 1 aromatic carbocycles. The number of benzene rings is 1. The molecule has 0 radical (unpaired) electrons. The van der Waals surface area contributed by atoms with E-state index in [4.69, 9.17) is 14.6 Å².